The molecule has 0 radical (unpaired) electrons. The highest BCUT2D eigenvalue weighted by molar-refractivity contribution is 5.95. The molecule has 1 aromatic heterocycles. The van der Waals surface area contributed by atoms with Crippen LogP contribution in [0.2, 0.25) is 0 Å². The molecule has 0 atom stereocenters. The number of nitrogens with one attached hydrogen (secondary N) is 1. The molecule has 1 saturated heterocycles. The normalized spacial score (nSPS) is 14.5. The first-order valence-electron chi connectivity index (χ1n) is 9.26. The van der Waals surface area contributed by atoms with Gasteiger partial charge in [0.2, 0.25) is 11.7 Å². The van der Waals surface area contributed by atoms with Crippen molar-refractivity contribution in [1.29, 1.82) is 0 Å². The molecule has 0 bridgehead atoms. The van der Waals surface area contributed by atoms with Gasteiger partial charge in [0.15, 0.2) is 11.5 Å². The Morgan fingerprint density at radius 3 is 2.21 bits per heavy atom. The van der Waals surface area contributed by atoms with Crippen LogP contribution < -0.4 is 24.4 Å². The summed E-state index contributed by atoms with van der Waals surface area (Å²) in [5.41, 5.74) is 0.477. The van der Waals surface area contributed by atoms with E-state index >= 15 is 0 Å². The molecule has 150 valence electrons. The number of methoxy groups -OCH3 is 3. The second-order valence-corrected chi connectivity index (χ2v) is 6.60. The zero-order valence-electron chi connectivity index (χ0n) is 16.5. The van der Waals surface area contributed by atoms with Gasteiger partial charge in [-0.05, 0) is 37.0 Å². The van der Waals surface area contributed by atoms with E-state index in [2.05, 4.69) is 20.2 Å². The van der Waals surface area contributed by atoms with Crippen LogP contribution in [0.15, 0.2) is 30.6 Å². The summed E-state index contributed by atoms with van der Waals surface area (Å²) in [5, 5.41) is 3.02. The number of benzene rings is 1. The van der Waals surface area contributed by atoms with Crippen LogP contribution >= 0.6 is 0 Å². The molecule has 1 aromatic carbocycles. The molecule has 0 unspecified atom stereocenters. The van der Waals surface area contributed by atoms with Gasteiger partial charge in [-0.15, -0.1) is 0 Å². The predicted molar refractivity (Wildman–Crippen MR) is 105 cm³/mol. The number of ether oxygens (including phenoxy) is 3. The van der Waals surface area contributed by atoms with Gasteiger partial charge in [0.25, 0.3) is 5.91 Å². The lowest BCUT2D eigenvalue weighted by Gasteiger charge is -2.31. The third-order valence-corrected chi connectivity index (χ3v) is 4.93. The topological polar surface area (TPSA) is 85.8 Å². The summed E-state index contributed by atoms with van der Waals surface area (Å²) in [4.78, 5) is 23.4. The van der Waals surface area contributed by atoms with E-state index in [1.165, 1.54) is 21.3 Å². The predicted octanol–water partition coefficient (Wildman–Crippen LogP) is 2.15. The Hall–Kier alpha value is -3.03. The first-order chi connectivity index (χ1) is 13.7. The zero-order valence-corrected chi connectivity index (χ0v) is 16.5. The molecular formula is C20H26N4O4. The van der Waals surface area contributed by atoms with E-state index in [1.807, 2.05) is 6.07 Å². The van der Waals surface area contributed by atoms with E-state index in [0.29, 0.717) is 35.3 Å². The summed E-state index contributed by atoms with van der Waals surface area (Å²) >= 11 is 0. The molecule has 8 nitrogen and oxygen atoms in total. The third kappa shape index (κ3) is 4.44. The molecule has 1 aliphatic rings. The van der Waals surface area contributed by atoms with Gasteiger partial charge in [0.05, 0.1) is 21.3 Å². The number of amides is 1. The van der Waals surface area contributed by atoms with Crippen molar-refractivity contribution >= 4 is 11.9 Å². The minimum atomic E-state index is -0.159. The number of anilines is 1. The Labute approximate surface area is 164 Å². The summed E-state index contributed by atoms with van der Waals surface area (Å²) in [7, 11) is 4.60. The van der Waals surface area contributed by atoms with Crippen molar-refractivity contribution < 1.29 is 19.0 Å². The molecule has 3 rings (SSSR count). The van der Waals surface area contributed by atoms with E-state index in [-0.39, 0.29) is 5.91 Å². The number of carbonyl (C=O) groups is 1. The second-order valence-electron chi connectivity index (χ2n) is 6.60. The Morgan fingerprint density at radius 2 is 1.68 bits per heavy atom. The highest BCUT2D eigenvalue weighted by Gasteiger charge is 2.22. The van der Waals surface area contributed by atoms with Crippen molar-refractivity contribution in [3.8, 4) is 17.2 Å². The SMILES string of the molecule is COc1cc(C(=O)NCC2CCN(c3ncccn3)CC2)cc(OC)c1OC. The third-order valence-electron chi connectivity index (χ3n) is 4.93. The van der Waals surface area contributed by atoms with Crippen LogP contribution in [0.25, 0.3) is 0 Å². The maximum absolute atomic E-state index is 12.6. The summed E-state index contributed by atoms with van der Waals surface area (Å²) in [6.45, 7) is 2.39. The van der Waals surface area contributed by atoms with Crippen LogP contribution in [-0.4, -0.2) is 56.8 Å². The molecule has 2 aromatic rings. The van der Waals surface area contributed by atoms with Crippen molar-refractivity contribution in [3.05, 3.63) is 36.2 Å². The molecule has 8 heteroatoms. The maximum Gasteiger partial charge on any atom is 0.251 e. The van der Waals surface area contributed by atoms with E-state index in [4.69, 9.17) is 14.2 Å². The average Bonchev–Trinajstić information content (AvgIpc) is 2.77. The van der Waals surface area contributed by atoms with Gasteiger partial charge in [-0.3, -0.25) is 4.79 Å². The van der Waals surface area contributed by atoms with E-state index in [0.717, 1.165) is 31.9 Å². The molecule has 1 amide bonds. The molecular weight excluding hydrogens is 360 g/mol. The van der Waals surface area contributed by atoms with E-state index in [9.17, 15) is 4.79 Å². The fourth-order valence-electron chi connectivity index (χ4n) is 3.34. The molecule has 0 spiro atoms. The van der Waals surface area contributed by atoms with Crippen LogP contribution in [0.1, 0.15) is 23.2 Å². The maximum atomic E-state index is 12.6. The Morgan fingerprint density at radius 1 is 1.07 bits per heavy atom. The lowest BCUT2D eigenvalue weighted by atomic mass is 9.97. The largest absolute Gasteiger partial charge is 0.493 e. The van der Waals surface area contributed by atoms with Crippen LogP contribution in [0.4, 0.5) is 5.95 Å². The molecule has 0 aliphatic carbocycles. The zero-order chi connectivity index (χ0) is 19.9. The van der Waals surface area contributed by atoms with Gasteiger partial charge in [0, 0.05) is 37.6 Å². The van der Waals surface area contributed by atoms with Gasteiger partial charge < -0.3 is 24.4 Å². The first kappa shape index (κ1) is 19.7. The van der Waals surface area contributed by atoms with Crippen LogP contribution in [0, 0.1) is 5.92 Å². The summed E-state index contributed by atoms with van der Waals surface area (Å²) in [5.74, 6) is 2.42. The molecule has 2 heterocycles. The molecule has 1 fully saturated rings. The first-order valence-corrected chi connectivity index (χ1v) is 9.26. The lowest BCUT2D eigenvalue weighted by Crippen LogP contribution is -2.39. The monoisotopic (exact) mass is 386 g/mol. The van der Waals surface area contributed by atoms with Gasteiger partial charge in [-0.1, -0.05) is 0 Å². The number of hydrogen-bond acceptors (Lipinski definition) is 7. The minimum absolute atomic E-state index is 0.159. The average molecular weight is 386 g/mol. The number of aromatic nitrogens is 2. The summed E-state index contributed by atoms with van der Waals surface area (Å²) < 4.78 is 15.9. The van der Waals surface area contributed by atoms with E-state index < -0.39 is 0 Å². The van der Waals surface area contributed by atoms with Gasteiger partial charge in [0.1, 0.15) is 0 Å². The van der Waals surface area contributed by atoms with Crippen molar-refractivity contribution in [2.75, 3.05) is 45.9 Å². The Balaban J connectivity index is 1.56. The number of rotatable bonds is 7. The van der Waals surface area contributed by atoms with Crippen LogP contribution in [-0.2, 0) is 0 Å². The summed E-state index contributed by atoms with van der Waals surface area (Å²) in [6, 6.07) is 5.13. The lowest BCUT2D eigenvalue weighted by molar-refractivity contribution is 0.0944. The second kappa shape index (κ2) is 9.25. The van der Waals surface area contributed by atoms with Crippen molar-refractivity contribution in [1.82, 2.24) is 15.3 Å². The van der Waals surface area contributed by atoms with Gasteiger partial charge in [-0.2, -0.15) is 0 Å². The smallest absolute Gasteiger partial charge is 0.251 e. The van der Waals surface area contributed by atoms with Gasteiger partial charge in [-0.25, -0.2) is 9.97 Å². The Kier molecular flexibility index (Phi) is 6.52. The van der Waals surface area contributed by atoms with Crippen LogP contribution in [0.5, 0.6) is 17.2 Å². The Bertz CT molecular complexity index is 767. The quantitative estimate of drug-likeness (QED) is 0.780. The van der Waals surface area contributed by atoms with E-state index in [1.54, 1.807) is 24.5 Å². The molecule has 28 heavy (non-hydrogen) atoms. The standard InChI is InChI=1S/C20H26N4O4/c1-26-16-11-15(12-17(27-2)18(16)28-3)19(25)23-13-14-5-9-24(10-6-14)20-21-7-4-8-22-20/h4,7-8,11-12,14H,5-6,9-10,13H2,1-3H3,(H,23,25). The number of piperidine rings is 1. The van der Waals surface area contributed by atoms with Crippen molar-refractivity contribution in [2.45, 2.75) is 12.8 Å². The molecule has 0 saturated carbocycles. The fourth-order valence-corrected chi connectivity index (χ4v) is 3.34. The highest BCUT2D eigenvalue weighted by Crippen LogP contribution is 2.38. The van der Waals surface area contributed by atoms with Gasteiger partial charge >= 0.3 is 0 Å². The highest BCUT2D eigenvalue weighted by atomic mass is 16.5. The number of hydrogen-bond donors (Lipinski definition) is 1. The van der Waals surface area contributed by atoms with Crippen molar-refractivity contribution in [2.24, 2.45) is 5.92 Å². The summed E-state index contributed by atoms with van der Waals surface area (Å²) in [6.07, 6.45) is 5.47. The van der Waals surface area contributed by atoms with Crippen LogP contribution in [0.3, 0.4) is 0 Å². The molecule has 1 N–H and O–H groups in total. The van der Waals surface area contributed by atoms with Crippen molar-refractivity contribution in [3.63, 3.8) is 0 Å². The minimum Gasteiger partial charge on any atom is -0.493 e. The number of carbonyl (C=O) groups excluding carboxylic acids is 1. The number of nitrogens with zero attached hydrogens (tertiary/aromatic N) is 3. The fraction of sp³-hybridized carbons (Fsp3) is 0.450. The molecule has 1 aliphatic heterocycles.